The first-order valence-electron chi connectivity index (χ1n) is 3.18. The highest BCUT2D eigenvalue weighted by Crippen LogP contribution is 1.73. The SMILES string of the molecule is O=CCNC(=O)CCNC=O. The van der Waals surface area contributed by atoms with Gasteiger partial charge in [0, 0.05) is 13.0 Å². The maximum Gasteiger partial charge on any atom is 0.222 e. The van der Waals surface area contributed by atoms with E-state index in [1.165, 1.54) is 0 Å². The summed E-state index contributed by atoms with van der Waals surface area (Å²) in [6, 6.07) is 0. The molecule has 0 aromatic heterocycles. The minimum Gasteiger partial charge on any atom is -0.358 e. The Morgan fingerprint density at radius 3 is 2.64 bits per heavy atom. The number of carbonyl (C=O) groups is 3. The van der Waals surface area contributed by atoms with Gasteiger partial charge in [-0.25, -0.2) is 0 Å². The van der Waals surface area contributed by atoms with Gasteiger partial charge in [-0.2, -0.15) is 0 Å². The second kappa shape index (κ2) is 6.73. The van der Waals surface area contributed by atoms with Crippen molar-refractivity contribution in [3.63, 3.8) is 0 Å². The summed E-state index contributed by atoms with van der Waals surface area (Å²) in [5.74, 6) is -0.244. The van der Waals surface area contributed by atoms with Gasteiger partial charge in [0.1, 0.15) is 6.29 Å². The molecule has 2 amide bonds. The van der Waals surface area contributed by atoms with E-state index in [0.717, 1.165) is 0 Å². The molecule has 0 unspecified atom stereocenters. The predicted molar refractivity (Wildman–Crippen MR) is 37.8 cm³/mol. The molecule has 0 fully saturated rings. The lowest BCUT2D eigenvalue weighted by Crippen LogP contribution is -2.28. The van der Waals surface area contributed by atoms with Crippen LogP contribution in [0.1, 0.15) is 6.42 Å². The van der Waals surface area contributed by atoms with Gasteiger partial charge in [0.2, 0.25) is 12.3 Å². The number of carbonyl (C=O) groups excluding carboxylic acids is 3. The molecular formula is C6H10N2O3. The van der Waals surface area contributed by atoms with E-state index < -0.39 is 0 Å². The van der Waals surface area contributed by atoms with Crippen molar-refractivity contribution in [1.29, 1.82) is 0 Å². The predicted octanol–water partition coefficient (Wildman–Crippen LogP) is -1.56. The van der Waals surface area contributed by atoms with Gasteiger partial charge in [0.25, 0.3) is 0 Å². The second-order valence-corrected chi connectivity index (χ2v) is 1.79. The molecule has 62 valence electrons. The third-order valence-electron chi connectivity index (χ3n) is 0.962. The lowest BCUT2D eigenvalue weighted by molar-refractivity contribution is -0.122. The zero-order valence-electron chi connectivity index (χ0n) is 6.00. The highest BCUT2D eigenvalue weighted by molar-refractivity contribution is 5.78. The molecule has 0 atom stereocenters. The van der Waals surface area contributed by atoms with Crippen LogP contribution in [0.2, 0.25) is 0 Å². The smallest absolute Gasteiger partial charge is 0.222 e. The lowest BCUT2D eigenvalue weighted by Gasteiger charge is -1.98. The van der Waals surface area contributed by atoms with Gasteiger partial charge in [-0.3, -0.25) is 9.59 Å². The van der Waals surface area contributed by atoms with Crippen LogP contribution in [-0.4, -0.2) is 31.7 Å². The molecule has 5 heteroatoms. The molecule has 0 aliphatic rings. The Morgan fingerprint density at radius 2 is 2.09 bits per heavy atom. The minimum atomic E-state index is -0.244. The number of nitrogens with one attached hydrogen (secondary N) is 2. The molecule has 0 aromatic carbocycles. The Kier molecular flexibility index (Phi) is 5.88. The van der Waals surface area contributed by atoms with Gasteiger partial charge in [0.15, 0.2) is 0 Å². The highest BCUT2D eigenvalue weighted by Gasteiger charge is 1.97. The molecule has 0 aliphatic heterocycles. The van der Waals surface area contributed by atoms with Crippen molar-refractivity contribution < 1.29 is 14.4 Å². The van der Waals surface area contributed by atoms with Gasteiger partial charge >= 0.3 is 0 Å². The normalized spacial score (nSPS) is 8.36. The first-order valence-corrected chi connectivity index (χ1v) is 3.18. The van der Waals surface area contributed by atoms with E-state index in [1.54, 1.807) is 0 Å². The molecule has 2 N–H and O–H groups in total. The maximum absolute atomic E-state index is 10.7. The molecule has 0 saturated heterocycles. The summed E-state index contributed by atoms with van der Waals surface area (Å²) in [6.07, 6.45) is 1.32. The van der Waals surface area contributed by atoms with E-state index >= 15 is 0 Å². The summed E-state index contributed by atoms with van der Waals surface area (Å²) in [6.45, 7) is 0.327. The molecule has 0 aliphatic carbocycles. The number of aldehydes is 1. The number of rotatable bonds is 6. The van der Waals surface area contributed by atoms with Crippen molar-refractivity contribution in [3.05, 3.63) is 0 Å². The minimum absolute atomic E-state index is 0.0277. The highest BCUT2D eigenvalue weighted by atomic mass is 16.2. The van der Waals surface area contributed by atoms with Crippen LogP contribution >= 0.6 is 0 Å². The summed E-state index contributed by atoms with van der Waals surface area (Å²) >= 11 is 0. The molecule has 0 rings (SSSR count). The van der Waals surface area contributed by atoms with Crippen LogP contribution in [0.15, 0.2) is 0 Å². The van der Waals surface area contributed by atoms with E-state index in [4.69, 9.17) is 0 Å². The van der Waals surface area contributed by atoms with Gasteiger partial charge in [-0.05, 0) is 0 Å². The summed E-state index contributed by atoms with van der Waals surface area (Å²) < 4.78 is 0. The average molecular weight is 158 g/mol. The fourth-order valence-corrected chi connectivity index (χ4v) is 0.489. The Balaban J connectivity index is 3.21. The van der Waals surface area contributed by atoms with Crippen molar-refractivity contribution in [2.24, 2.45) is 0 Å². The first kappa shape index (κ1) is 9.61. The maximum atomic E-state index is 10.7. The van der Waals surface area contributed by atoms with E-state index in [0.29, 0.717) is 19.2 Å². The Bertz CT molecular complexity index is 147. The van der Waals surface area contributed by atoms with Crippen LogP contribution in [0, 0.1) is 0 Å². The molecule has 0 spiro atoms. The topological polar surface area (TPSA) is 75.3 Å². The Hall–Kier alpha value is -1.39. The third-order valence-corrected chi connectivity index (χ3v) is 0.962. The van der Waals surface area contributed by atoms with Gasteiger partial charge < -0.3 is 15.4 Å². The largest absolute Gasteiger partial charge is 0.358 e. The average Bonchev–Trinajstić information content (AvgIpc) is 2.01. The summed E-state index contributed by atoms with van der Waals surface area (Å²) in [5.41, 5.74) is 0. The number of amides is 2. The fraction of sp³-hybridized carbons (Fsp3) is 0.500. The zero-order chi connectivity index (χ0) is 8.53. The molecule has 5 nitrogen and oxygen atoms in total. The summed E-state index contributed by atoms with van der Waals surface area (Å²) in [7, 11) is 0. The van der Waals surface area contributed by atoms with E-state index in [-0.39, 0.29) is 18.9 Å². The second-order valence-electron chi connectivity index (χ2n) is 1.79. The van der Waals surface area contributed by atoms with Crippen LogP contribution in [0.25, 0.3) is 0 Å². The van der Waals surface area contributed by atoms with Crippen molar-refractivity contribution in [2.45, 2.75) is 6.42 Å². The van der Waals surface area contributed by atoms with Crippen molar-refractivity contribution in [1.82, 2.24) is 10.6 Å². The van der Waals surface area contributed by atoms with Crippen molar-refractivity contribution in [2.75, 3.05) is 13.1 Å². The lowest BCUT2D eigenvalue weighted by atomic mass is 10.4. The number of hydrogen-bond acceptors (Lipinski definition) is 3. The van der Waals surface area contributed by atoms with Crippen LogP contribution in [-0.2, 0) is 14.4 Å². The standard InChI is InChI=1S/C6H10N2O3/c9-4-3-8-6(11)1-2-7-5-10/h4-5H,1-3H2,(H,7,10)(H,8,11). The molecule has 0 bridgehead atoms. The molecule has 0 aromatic rings. The molecule has 0 radical (unpaired) electrons. The van der Waals surface area contributed by atoms with Crippen LogP contribution < -0.4 is 10.6 Å². The molecule has 0 heterocycles. The van der Waals surface area contributed by atoms with Gasteiger partial charge in [-0.15, -0.1) is 0 Å². The quantitative estimate of drug-likeness (QED) is 0.362. The van der Waals surface area contributed by atoms with Gasteiger partial charge in [-0.1, -0.05) is 0 Å². The van der Waals surface area contributed by atoms with E-state index in [1.807, 2.05) is 0 Å². The molecular weight excluding hydrogens is 148 g/mol. The van der Waals surface area contributed by atoms with Gasteiger partial charge in [0.05, 0.1) is 6.54 Å². The molecule has 0 saturated carbocycles. The summed E-state index contributed by atoms with van der Waals surface area (Å²) in [5, 5.41) is 4.65. The van der Waals surface area contributed by atoms with E-state index in [2.05, 4.69) is 10.6 Å². The van der Waals surface area contributed by atoms with E-state index in [9.17, 15) is 14.4 Å². The molecule has 11 heavy (non-hydrogen) atoms. The fourth-order valence-electron chi connectivity index (χ4n) is 0.489. The Morgan fingerprint density at radius 1 is 1.36 bits per heavy atom. The van der Waals surface area contributed by atoms with Crippen LogP contribution in [0.5, 0.6) is 0 Å². The monoisotopic (exact) mass is 158 g/mol. The van der Waals surface area contributed by atoms with Crippen molar-refractivity contribution >= 4 is 18.6 Å². The first-order chi connectivity index (χ1) is 5.31. The Labute approximate surface area is 64.1 Å². The number of hydrogen-bond donors (Lipinski definition) is 2. The van der Waals surface area contributed by atoms with Crippen LogP contribution in [0.3, 0.4) is 0 Å². The zero-order valence-corrected chi connectivity index (χ0v) is 6.00. The summed E-state index contributed by atoms with van der Waals surface area (Å²) in [4.78, 5) is 30.1. The van der Waals surface area contributed by atoms with Crippen molar-refractivity contribution in [3.8, 4) is 0 Å². The third kappa shape index (κ3) is 6.50. The van der Waals surface area contributed by atoms with Crippen LogP contribution in [0.4, 0.5) is 0 Å².